The Labute approximate surface area is 116 Å². The van der Waals surface area contributed by atoms with Gasteiger partial charge in [-0.2, -0.15) is 0 Å². The number of nitrogens with one attached hydrogen (secondary N) is 1. The molecular weight excluding hydrogens is 256 g/mol. The quantitative estimate of drug-likeness (QED) is 0.874. The molecule has 0 fully saturated rings. The van der Waals surface area contributed by atoms with Crippen LogP contribution in [0.5, 0.6) is 0 Å². The van der Waals surface area contributed by atoms with E-state index in [-0.39, 0.29) is 18.4 Å². The van der Waals surface area contributed by atoms with Gasteiger partial charge in [-0.15, -0.1) is 0 Å². The molecule has 20 heavy (non-hydrogen) atoms. The summed E-state index contributed by atoms with van der Waals surface area (Å²) in [5.74, 6) is -1.09. The van der Waals surface area contributed by atoms with Crippen LogP contribution in [0.25, 0.3) is 10.9 Å². The van der Waals surface area contributed by atoms with Gasteiger partial charge in [0.1, 0.15) is 0 Å². The molecule has 1 aromatic heterocycles. The Morgan fingerprint density at radius 1 is 1.30 bits per heavy atom. The summed E-state index contributed by atoms with van der Waals surface area (Å²) in [6, 6.07) is 8.94. The molecule has 0 saturated heterocycles. The molecular formula is C15H16N2O3. The summed E-state index contributed by atoms with van der Waals surface area (Å²) in [5.41, 5.74) is 1.16. The van der Waals surface area contributed by atoms with Gasteiger partial charge in [0.15, 0.2) is 0 Å². The van der Waals surface area contributed by atoms with E-state index in [1.165, 1.54) is 0 Å². The average molecular weight is 272 g/mol. The molecule has 5 nitrogen and oxygen atoms in total. The van der Waals surface area contributed by atoms with Crippen molar-refractivity contribution >= 4 is 22.8 Å². The van der Waals surface area contributed by atoms with E-state index >= 15 is 0 Å². The van der Waals surface area contributed by atoms with Crippen molar-refractivity contribution in [3.8, 4) is 0 Å². The lowest BCUT2D eigenvalue weighted by Crippen LogP contribution is -2.33. The number of benzene rings is 1. The summed E-state index contributed by atoms with van der Waals surface area (Å²) in [4.78, 5) is 27.0. The normalized spacial score (nSPS) is 12.1. The number of carbonyl (C=O) groups is 2. The number of amides is 1. The molecule has 0 aliphatic carbocycles. The summed E-state index contributed by atoms with van der Waals surface area (Å²) in [6.07, 6.45) is 2.08. The van der Waals surface area contributed by atoms with Crippen molar-refractivity contribution in [2.24, 2.45) is 0 Å². The maximum absolute atomic E-state index is 12.2. The van der Waals surface area contributed by atoms with Crippen LogP contribution in [-0.4, -0.2) is 28.0 Å². The molecule has 1 aromatic carbocycles. The Bertz CT molecular complexity index is 635. The minimum absolute atomic E-state index is 0.0369. The van der Waals surface area contributed by atoms with E-state index in [1.54, 1.807) is 25.3 Å². The predicted molar refractivity (Wildman–Crippen MR) is 75.5 cm³/mol. The highest BCUT2D eigenvalue weighted by Crippen LogP contribution is 2.16. The second-order valence-electron chi connectivity index (χ2n) is 4.69. The maximum atomic E-state index is 12.2. The molecule has 1 amide bonds. The molecule has 5 heteroatoms. The minimum atomic E-state index is -0.863. The van der Waals surface area contributed by atoms with E-state index in [2.05, 4.69) is 10.3 Å². The summed E-state index contributed by atoms with van der Waals surface area (Å²) < 4.78 is 0. The monoisotopic (exact) mass is 272 g/mol. The lowest BCUT2D eigenvalue weighted by molar-refractivity contribution is -0.137. The molecule has 2 N–H and O–H groups in total. The number of rotatable bonds is 5. The predicted octanol–water partition coefficient (Wildman–Crippen LogP) is 2.22. The zero-order valence-corrected chi connectivity index (χ0v) is 11.2. The van der Waals surface area contributed by atoms with Crippen LogP contribution >= 0.6 is 0 Å². The van der Waals surface area contributed by atoms with Crippen molar-refractivity contribution in [3.63, 3.8) is 0 Å². The summed E-state index contributed by atoms with van der Waals surface area (Å²) in [6.45, 7) is 1.79. The first-order valence-electron chi connectivity index (χ1n) is 6.44. The zero-order chi connectivity index (χ0) is 14.5. The van der Waals surface area contributed by atoms with E-state index in [0.29, 0.717) is 17.5 Å². The Balaban J connectivity index is 2.13. The zero-order valence-electron chi connectivity index (χ0n) is 11.2. The van der Waals surface area contributed by atoms with Crippen LogP contribution in [0, 0.1) is 0 Å². The van der Waals surface area contributed by atoms with Crippen molar-refractivity contribution in [3.05, 3.63) is 42.1 Å². The molecule has 0 saturated carbocycles. The van der Waals surface area contributed by atoms with Crippen LogP contribution in [0.2, 0.25) is 0 Å². The maximum Gasteiger partial charge on any atom is 0.303 e. The lowest BCUT2D eigenvalue weighted by atomic mass is 10.1. The smallest absolute Gasteiger partial charge is 0.303 e. The lowest BCUT2D eigenvalue weighted by Gasteiger charge is -2.13. The van der Waals surface area contributed by atoms with Crippen molar-refractivity contribution in [1.82, 2.24) is 10.3 Å². The third kappa shape index (κ3) is 3.32. The SMILES string of the molecule is CC(CCC(=O)O)NC(=O)c1cccc2cccnc12. The van der Waals surface area contributed by atoms with Crippen LogP contribution in [-0.2, 0) is 4.79 Å². The number of fused-ring (bicyclic) bond motifs is 1. The minimum Gasteiger partial charge on any atom is -0.481 e. The van der Waals surface area contributed by atoms with Gasteiger partial charge in [-0.1, -0.05) is 18.2 Å². The van der Waals surface area contributed by atoms with Gasteiger partial charge >= 0.3 is 5.97 Å². The van der Waals surface area contributed by atoms with Gasteiger partial charge in [0.2, 0.25) is 0 Å². The molecule has 2 rings (SSSR count). The van der Waals surface area contributed by atoms with E-state index in [1.807, 2.05) is 18.2 Å². The molecule has 0 aliphatic rings. The fourth-order valence-electron chi connectivity index (χ4n) is 2.00. The third-order valence-electron chi connectivity index (χ3n) is 3.05. The standard InChI is InChI=1S/C15H16N2O3/c1-10(7-8-13(18)19)17-15(20)12-6-2-4-11-5-3-9-16-14(11)12/h2-6,9-10H,7-8H2,1H3,(H,17,20)(H,18,19). The van der Waals surface area contributed by atoms with Gasteiger partial charge in [0.25, 0.3) is 5.91 Å². The molecule has 0 bridgehead atoms. The number of nitrogens with zero attached hydrogens (tertiary/aromatic N) is 1. The third-order valence-corrected chi connectivity index (χ3v) is 3.05. The van der Waals surface area contributed by atoms with Crippen LogP contribution in [0.4, 0.5) is 0 Å². The van der Waals surface area contributed by atoms with Crippen molar-refractivity contribution in [2.75, 3.05) is 0 Å². The highest BCUT2D eigenvalue weighted by Gasteiger charge is 2.14. The fraction of sp³-hybridized carbons (Fsp3) is 0.267. The fourth-order valence-corrected chi connectivity index (χ4v) is 2.00. The Kier molecular flexibility index (Phi) is 4.30. The van der Waals surface area contributed by atoms with Gasteiger partial charge < -0.3 is 10.4 Å². The van der Waals surface area contributed by atoms with Gasteiger partial charge in [-0.3, -0.25) is 14.6 Å². The van der Waals surface area contributed by atoms with Crippen molar-refractivity contribution in [2.45, 2.75) is 25.8 Å². The number of carbonyl (C=O) groups excluding carboxylic acids is 1. The molecule has 104 valence electrons. The number of aliphatic carboxylic acids is 1. The van der Waals surface area contributed by atoms with Gasteiger partial charge in [0, 0.05) is 24.0 Å². The Morgan fingerprint density at radius 3 is 2.80 bits per heavy atom. The van der Waals surface area contributed by atoms with E-state index < -0.39 is 5.97 Å². The van der Waals surface area contributed by atoms with E-state index in [9.17, 15) is 9.59 Å². The first kappa shape index (κ1) is 14.0. The number of para-hydroxylation sites is 1. The molecule has 1 atom stereocenters. The number of hydrogen-bond donors (Lipinski definition) is 2. The van der Waals surface area contributed by atoms with Crippen molar-refractivity contribution in [1.29, 1.82) is 0 Å². The topological polar surface area (TPSA) is 79.3 Å². The van der Waals surface area contributed by atoms with Crippen LogP contribution in [0.3, 0.4) is 0 Å². The second kappa shape index (κ2) is 6.14. The first-order chi connectivity index (χ1) is 9.58. The van der Waals surface area contributed by atoms with Gasteiger partial charge in [0.05, 0.1) is 11.1 Å². The summed E-state index contributed by atoms with van der Waals surface area (Å²) in [5, 5.41) is 12.3. The van der Waals surface area contributed by atoms with E-state index in [4.69, 9.17) is 5.11 Å². The summed E-state index contributed by atoms with van der Waals surface area (Å²) >= 11 is 0. The second-order valence-corrected chi connectivity index (χ2v) is 4.69. The van der Waals surface area contributed by atoms with Crippen LogP contribution in [0.1, 0.15) is 30.1 Å². The van der Waals surface area contributed by atoms with Gasteiger partial charge in [-0.25, -0.2) is 0 Å². The molecule has 1 unspecified atom stereocenters. The van der Waals surface area contributed by atoms with Crippen LogP contribution < -0.4 is 5.32 Å². The van der Waals surface area contributed by atoms with Gasteiger partial charge in [-0.05, 0) is 25.5 Å². The number of hydrogen-bond acceptors (Lipinski definition) is 3. The number of aromatic nitrogens is 1. The molecule has 0 spiro atoms. The largest absolute Gasteiger partial charge is 0.481 e. The van der Waals surface area contributed by atoms with Crippen LogP contribution in [0.15, 0.2) is 36.5 Å². The highest BCUT2D eigenvalue weighted by molar-refractivity contribution is 6.05. The molecule has 1 heterocycles. The molecule has 2 aromatic rings. The average Bonchev–Trinajstić information content (AvgIpc) is 2.44. The Morgan fingerprint density at radius 2 is 2.05 bits per heavy atom. The molecule has 0 radical (unpaired) electrons. The summed E-state index contributed by atoms with van der Waals surface area (Å²) in [7, 11) is 0. The number of carboxylic acids is 1. The first-order valence-corrected chi connectivity index (χ1v) is 6.44. The Hall–Kier alpha value is -2.43. The highest BCUT2D eigenvalue weighted by atomic mass is 16.4. The van der Waals surface area contributed by atoms with Crippen molar-refractivity contribution < 1.29 is 14.7 Å². The number of pyridine rings is 1. The van der Waals surface area contributed by atoms with E-state index in [0.717, 1.165) is 5.39 Å². The number of carboxylic acid groups (broad SMARTS) is 1. The molecule has 0 aliphatic heterocycles.